The highest BCUT2D eigenvalue weighted by atomic mass is 16.6. The highest BCUT2D eigenvalue weighted by molar-refractivity contribution is 5.73. The molecule has 0 radical (unpaired) electrons. The Balaban J connectivity index is 2.53. The first-order valence-corrected chi connectivity index (χ1v) is 8.54. The number of ether oxygens (including phenoxy) is 1. The first-order valence-electron chi connectivity index (χ1n) is 8.54. The summed E-state index contributed by atoms with van der Waals surface area (Å²) in [5.74, 6) is 0.0910. The molecule has 0 bridgehead atoms. The van der Waals surface area contributed by atoms with E-state index in [1.165, 1.54) is 4.90 Å². The summed E-state index contributed by atoms with van der Waals surface area (Å²) in [7, 11) is 1.63. The van der Waals surface area contributed by atoms with Gasteiger partial charge in [-0.25, -0.2) is 4.79 Å². The van der Waals surface area contributed by atoms with Crippen molar-refractivity contribution in [3.8, 4) is 0 Å². The van der Waals surface area contributed by atoms with Crippen molar-refractivity contribution in [2.75, 3.05) is 46.3 Å². The van der Waals surface area contributed by atoms with Gasteiger partial charge in [0.1, 0.15) is 5.60 Å². The van der Waals surface area contributed by atoms with Gasteiger partial charge in [-0.3, -0.25) is 9.69 Å². The Kier molecular flexibility index (Phi) is 7.04. The molecule has 1 heterocycles. The van der Waals surface area contributed by atoms with E-state index in [0.717, 1.165) is 26.1 Å². The molecule has 140 valence electrons. The standard InChI is InChI=1S/C17H33N3O4/c1-14(21)20-9-7-8-19(10-11-20)13-17(5,23)12-18(6)15(22)24-16(2,3)4/h23H,7-13H2,1-6H3/t17-/m0/s1. The molecule has 1 N–H and O–H groups in total. The number of aliphatic hydroxyl groups is 1. The van der Waals surface area contributed by atoms with E-state index in [4.69, 9.17) is 4.74 Å². The number of amides is 2. The predicted octanol–water partition coefficient (Wildman–Crippen LogP) is 1.16. The van der Waals surface area contributed by atoms with Crippen LogP contribution in [0.4, 0.5) is 4.79 Å². The van der Waals surface area contributed by atoms with E-state index in [1.807, 2.05) is 25.7 Å². The molecule has 0 aliphatic carbocycles. The quantitative estimate of drug-likeness (QED) is 0.829. The molecule has 1 fully saturated rings. The molecule has 0 aromatic rings. The van der Waals surface area contributed by atoms with Crippen LogP contribution < -0.4 is 0 Å². The van der Waals surface area contributed by atoms with Gasteiger partial charge in [0.05, 0.1) is 12.1 Å². The van der Waals surface area contributed by atoms with Crippen LogP contribution in [-0.2, 0) is 9.53 Å². The number of β-amino-alcohol motifs (C(OH)–C–C–N with tert-alkyl or cyclic N) is 1. The molecule has 1 aliphatic heterocycles. The second-order valence-electron chi connectivity index (χ2n) is 7.97. The Bertz CT molecular complexity index is 446. The van der Waals surface area contributed by atoms with Gasteiger partial charge >= 0.3 is 6.09 Å². The van der Waals surface area contributed by atoms with Crippen molar-refractivity contribution in [2.45, 2.75) is 52.2 Å². The summed E-state index contributed by atoms with van der Waals surface area (Å²) in [6.45, 7) is 12.4. The van der Waals surface area contributed by atoms with Crippen molar-refractivity contribution >= 4 is 12.0 Å². The Labute approximate surface area is 145 Å². The molecule has 2 amide bonds. The first-order chi connectivity index (χ1) is 10.9. The summed E-state index contributed by atoms with van der Waals surface area (Å²) in [4.78, 5) is 28.9. The summed E-state index contributed by atoms with van der Waals surface area (Å²) in [5.41, 5.74) is -1.60. The number of carbonyl (C=O) groups excluding carboxylic acids is 2. The minimum Gasteiger partial charge on any atom is -0.444 e. The lowest BCUT2D eigenvalue weighted by atomic mass is 10.1. The fourth-order valence-corrected chi connectivity index (χ4v) is 2.89. The average Bonchev–Trinajstić information content (AvgIpc) is 2.61. The molecule has 1 saturated heterocycles. The van der Waals surface area contributed by atoms with E-state index >= 15 is 0 Å². The predicted molar refractivity (Wildman–Crippen MR) is 92.8 cm³/mol. The smallest absolute Gasteiger partial charge is 0.410 e. The van der Waals surface area contributed by atoms with Gasteiger partial charge in [0.15, 0.2) is 0 Å². The van der Waals surface area contributed by atoms with Crippen molar-refractivity contribution in [3.63, 3.8) is 0 Å². The lowest BCUT2D eigenvalue weighted by molar-refractivity contribution is -0.128. The zero-order valence-corrected chi connectivity index (χ0v) is 16.0. The third-order valence-electron chi connectivity index (χ3n) is 3.88. The van der Waals surface area contributed by atoms with E-state index in [2.05, 4.69) is 4.90 Å². The maximum absolute atomic E-state index is 12.0. The van der Waals surface area contributed by atoms with Gasteiger partial charge in [0.2, 0.25) is 5.91 Å². The molecule has 1 atom stereocenters. The van der Waals surface area contributed by atoms with Crippen LogP contribution in [-0.4, -0.2) is 89.3 Å². The van der Waals surface area contributed by atoms with Crippen molar-refractivity contribution in [2.24, 2.45) is 0 Å². The molecular weight excluding hydrogens is 310 g/mol. The Morgan fingerprint density at radius 1 is 1.12 bits per heavy atom. The molecular formula is C17H33N3O4. The van der Waals surface area contributed by atoms with E-state index in [1.54, 1.807) is 20.9 Å². The topological polar surface area (TPSA) is 73.3 Å². The number of carbonyl (C=O) groups is 2. The number of hydrogen-bond acceptors (Lipinski definition) is 5. The average molecular weight is 343 g/mol. The SMILES string of the molecule is CC(=O)N1CCCN(C[C@@](C)(O)CN(C)C(=O)OC(C)(C)C)CC1. The molecule has 1 rings (SSSR count). The third kappa shape index (κ3) is 7.49. The van der Waals surface area contributed by atoms with Crippen LogP contribution in [0.3, 0.4) is 0 Å². The first kappa shape index (κ1) is 20.7. The second kappa shape index (κ2) is 8.16. The summed E-state index contributed by atoms with van der Waals surface area (Å²) in [5, 5.41) is 10.7. The van der Waals surface area contributed by atoms with Crippen molar-refractivity contribution in [3.05, 3.63) is 0 Å². The lowest BCUT2D eigenvalue weighted by Gasteiger charge is -2.34. The van der Waals surface area contributed by atoms with Crippen LogP contribution in [0.1, 0.15) is 41.0 Å². The van der Waals surface area contributed by atoms with Crippen molar-refractivity contribution < 1.29 is 19.4 Å². The van der Waals surface area contributed by atoms with E-state index in [9.17, 15) is 14.7 Å². The molecule has 7 nitrogen and oxygen atoms in total. The summed E-state index contributed by atoms with van der Waals surface area (Å²) in [6.07, 6.45) is 0.443. The van der Waals surface area contributed by atoms with Crippen LogP contribution in [0.15, 0.2) is 0 Å². The zero-order chi connectivity index (χ0) is 18.5. The third-order valence-corrected chi connectivity index (χ3v) is 3.88. The Morgan fingerprint density at radius 3 is 2.29 bits per heavy atom. The molecule has 0 aromatic heterocycles. The maximum atomic E-state index is 12.0. The summed E-state index contributed by atoms with van der Waals surface area (Å²) >= 11 is 0. The second-order valence-corrected chi connectivity index (χ2v) is 7.97. The van der Waals surface area contributed by atoms with Gasteiger partial charge in [0.25, 0.3) is 0 Å². The Morgan fingerprint density at radius 2 is 1.75 bits per heavy atom. The van der Waals surface area contributed by atoms with E-state index in [0.29, 0.717) is 13.1 Å². The minimum absolute atomic E-state index is 0.0910. The van der Waals surface area contributed by atoms with Gasteiger partial charge in [-0.15, -0.1) is 0 Å². The number of rotatable bonds is 4. The fraction of sp³-hybridized carbons (Fsp3) is 0.882. The molecule has 7 heteroatoms. The van der Waals surface area contributed by atoms with Crippen molar-refractivity contribution in [1.82, 2.24) is 14.7 Å². The lowest BCUT2D eigenvalue weighted by Crippen LogP contribution is -2.50. The van der Waals surface area contributed by atoms with Crippen LogP contribution in [0.2, 0.25) is 0 Å². The fourth-order valence-electron chi connectivity index (χ4n) is 2.89. The van der Waals surface area contributed by atoms with Crippen LogP contribution in [0.25, 0.3) is 0 Å². The van der Waals surface area contributed by atoms with Gasteiger partial charge in [-0.2, -0.15) is 0 Å². The maximum Gasteiger partial charge on any atom is 0.410 e. The number of likely N-dealkylation sites (N-methyl/N-ethyl adjacent to an activating group) is 1. The van der Waals surface area contributed by atoms with Gasteiger partial charge in [-0.05, 0) is 34.1 Å². The number of hydrogen-bond donors (Lipinski definition) is 1. The normalized spacial score (nSPS) is 19.4. The van der Waals surface area contributed by atoms with Crippen LogP contribution >= 0.6 is 0 Å². The molecule has 0 saturated carbocycles. The Hall–Kier alpha value is -1.34. The van der Waals surface area contributed by atoms with Gasteiger partial charge in [-0.1, -0.05) is 0 Å². The van der Waals surface area contributed by atoms with Crippen LogP contribution in [0, 0.1) is 0 Å². The number of nitrogens with zero attached hydrogens (tertiary/aromatic N) is 3. The molecule has 0 spiro atoms. The molecule has 0 aromatic carbocycles. The van der Waals surface area contributed by atoms with E-state index in [-0.39, 0.29) is 12.5 Å². The van der Waals surface area contributed by atoms with Crippen LogP contribution in [0.5, 0.6) is 0 Å². The summed E-state index contributed by atoms with van der Waals surface area (Å²) < 4.78 is 5.31. The molecule has 0 unspecified atom stereocenters. The van der Waals surface area contributed by atoms with Crippen molar-refractivity contribution in [1.29, 1.82) is 0 Å². The van der Waals surface area contributed by atoms with Gasteiger partial charge < -0.3 is 19.6 Å². The van der Waals surface area contributed by atoms with Gasteiger partial charge in [0, 0.05) is 46.7 Å². The highest BCUT2D eigenvalue weighted by Crippen LogP contribution is 2.14. The summed E-state index contributed by atoms with van der Waals surface area (Å²) in [6, 6.07) is 0. The monoisotopic (exact) mass is 343 g/mol. The minimum atomic E-state index is -1.04. The zero-order valence-electron chi connectivity index (χ0n) is 16.0. The molecule has 24 heavy (non-hydrogen) atoms. The largest absolute Gasteiger partial charge is 0.444 e. The molecule has 1 aliphatic rings. The van der Waals surface area contributed by atoms with E-state index < -0.39 is 17.3 Å². The highest BCUT2D eigenvalue weighted by Gasteiger charge is 2.30.